The van der Waals surface area contributed by atoms with Crippen LogP contribution >= 0.6 is 0 Å². The largest absolute Gasteiger partial charge is 0.396 e. The van der Waals surface area contributed by atoms with Crippen LogP contribution in [-0.4, -0.2) is 32.6 Å². The fourth-order valence-electron chi connectivity index (χ4n) is 3.68. The zero-order chi connectivity index (χ0) is 17.2. The predicted molar refractivity (Wildman–Crippen MR) is 101 cm³/mol. The minimum Gasteiger partial charge on any atom is -0.396 e. The van der Waals surface area contributed by atoms with E-state index in [1.54, 1.807) is 0 Å². The van der Waals surface area contributed by atoms with Crippen molar-refractivity contribution < 1.29 is 10.2 Å². The quantitative estimate of drug-likeness (QED) is 0.569. The highest BCUT2D eigenvalue weighted by Crippen LogP contribution is 2.25. The van der Waals surface area contributed by atoms with Gasteiger partial charge in [0.15, 0.2) is 0 Å². The standard InChI is InChI=1S/C21H22N2O2/c24-11-9-16-13-22(20-7-3-1-5-18(16)20)15-23-14-17(10-12-25)19-6-2-4-8-21(19)23/h1-8,13-14,24-25H,9-12,15H2. The van der Waals surface area contributed by atoms with E-state index in [-0.39, 0.29) is 13.2 Å². The predicted octanol–water partition coefficient (Wildman–Crippen LogP) is 3.17. The summed E-state index contributed by atoms with van der Waals surface area (Å²) in [7, 11) is 0. The molecule has 2 N–H and O–H groups in total. The first-order chi connectivity index (χ1) is 12.3. The maximum Gasteiger partial charge on any atom is 0.0988 e. The number of fused-ring (bicyclic) bond motifs is 2. The fourth-order valence-corrected chi connectivity index (χ4v) is 3.68. The molecule has 0 aliphatic carbocycles. The molecule has 0 fully saturated rings. The minimum absolute atomic E-state index is 0.154. The third-order valence-electron chi connectivity index (χ3n) is 4.81. The molecule has 0 bridgehead atoms. The van der Waals surface area contributed by atoms with E-state index in [9.17, 15) is 10.2 Å². The van der Waals surface area contributed by atoms with Crippen LogP contribution in [0, 0.1) is 0 Å². The number of nitrogens with zero attached hydrogens (tertiary/aromatic N) is 2. The van der Waals surface area contributed by atoms with E-state index in [2.05, 4.69) is 45.8 Å². The zero-order valence-corrected chi connectivity index (χ0v) is 14.1. The summed E-state index contributed by atoms with van der Waals surface area (Å²) in [5.74, 6) is 0. The Hall–Kier alpha value is -2.56. The molecule has 0 spiro atoms. The highest BCUT2D eigenvalue weighted by molar-refractivity contribution is 5.85. The second-order valence-corrected chi connectivity index (χ2v) is 6.37. The average Bonchev–Trinajstić information content (AvgIpc) is 3.16. The number of hydrogen-bond acceptors (Lipinski definition) is 2. The fraction of sp³-hybridized carbons (Fsp3) is 0.238. The molecular weight excluding hydrogens is 312 g/mol. The van der Waals surface area contributed by atoms with Crippen molar-refractivity contribution in [2.45, 2.75) is 19.5 Å². The van der Waals surface area contributed by atoms with Crippen molar-refractivity contribution in [3.05, 3.63) is 72.1 Å². The van der Waals surface area contributed by atoms with Crippen molar-refractivity contribution in [3.8, 4) is 0 Å². The maximum absolute atomic E-state index is 9.34. The molecule has 0 aliphatic heterocycles. The van der Waals surface area contributed by atoms with E-state index in [0.29, 0.717) is 19.5 Å². The van der Waals surface area contributed by atoms with Gasteiger partial charge in [-0.05, 0) is 36.1 Å². The Labute approximate surface area is 146 Å². The van der Waals surface area contributed by atoms with Gasteiger partial charge in [-0.15, -0.1) is 0 Å². The van der Waals surface area contributed by atoms with Crippen molar-refractivity contribution in [3.63, 3.8) is 0 Å². The van der Waals surface area contributed by atoms with Gasteiger partial charge in [-0.3, -0.25) is 0 Å². The summed E-state index contributed by atoms with van der Waals surface area (Å²) in [6.07, 6.45) is 5.61. The van der Waals surface area contributed by atoms with Gasteiger partial charge in [0.1, 0.15) is 0 Å². The monoisotopic (exact) mass is 334 g/mol. The molecule has 2 aromatic carbocycles. The van der Waals surface area contributed by atoms with Crippen LogP contribution in [0.2, 0.25) is 0 Å². The SMILES string of the molecule is OCCc1cn(Cn2cc(CCO)c3ccccc32)c2ccccc12. The van der Waals surface area contributed by atoms with Crippen LogP contribution in [0.3, 0.4) is 0 Å². The van der Waals surface area contributed by atoms with Gasteiger partial charge in [-0.1, -0.05) is 36.4 Å². The normalized spacial score (nSPS) is 11.6. The van der Waals surface area contributed by atoms with Gasteiger partial charge >= 0.3 is 0 Å². The molecule has 0 radical (unpaired) electrons. The molecule has 4 heteroatoms. The number of aliphatic hydroxyl groups is 2. The number of hydrogen-bond donors (Lipinski definition) is 2. The molecular formula is C21H22N2O2. The van der Waals surface area contributed by atoms with Crippen molar-refractivity contribution in [2.75, 3.05) is 13.2 Å². The highest BCUT2D eigenvalue weighted by Gasteiger charge is 2.11. The Kier molecular flexibility index (Phi) is 4.30. The molecule has 0 unspecified atom stereocenters. The summed E-state index contributed by atoms with van der Waals surface area (Å²) in [4.78, 5) is 0. The van der Waals surface area contributed by atoms with E-state index >= 15 is 0 Å². The number of para-hydroxylation sites is 2. The van der Waals surface area contributed by atoms with E-state index in [0.717, 1.165) is 0 Å². The minimum atomic E-state index is 0.154. The summed E-state index contributed by atoms with van der Waals surface area (Å²) in [6, 6.07) is 16.6. The average molecular weight is 334 g/mol. The van der Waals surface area contributed by atoms with E-state index in [4.69, 9.17) is 0 Å². The van der Waals surface area contributed by atoms with Gasteiger partial charge in [0.25, 0.3) is 0 Å². The molecule has 4 nitrogen and oxygen atoms in total. The number of aromatic nitrogens is 2. The van der Waals surface area contributed by atoms with Crippen LogP contribution in [0.25, 0.3) is 21.8 Å². The van der Waals surface area contributed by atoms with Gasteiger partial charge in [-0.2, -0.15) is 0 Å². The third-order valence-corrected chi connectivity index (χ3v) is 4.81. The smallest absolute Gasteiger partial charge is 0.0988 e. The summed E-state index contributed by atoms with van der Waals surface area (Å²) in [6.45, 7) is 1.01. The first-order valence-electron chi connectivity index (χ1n) is 8.67. The van der Waals surface area contributed by atoms with Crippen LogP contribution in [0.15, 0.2) is 60.9 Å². The molecule has 0 atom stereocenters. The second-order valence-electron chi connectivity index (χ2n) is 6.37. The Bertz CT molecular complexity index is 931. The Morgan fingerprint density at radius 1 is 0.640 bits per heavy atom. The van der Waals surface area contributed by atoms with Crippen molar-refractivity contribution in [2.24, 2.45) is 0 Å². The van der Waals surface area contributed by atoms with Gasteiger partial charge in [0.2, 0.25) is 0 Å². The van der Waals surface area contributed by atoms with Gasteiger partial charge < -0.3 is 19.3 Å². The first kappa shape index (κ1) is 15.9. The molecule has 128 valence electrons. The molecule has 0 saturated heterocycles. The van der Waals surface area contributed by atoms with E-state index in [1.807, 2.05) is 24.3 Å². The van der Waals surface area contributed by atoms with Crippen molar-refractivity contribution in [1.29, 1.82) is 0 Å². The Morgan fingerprint density at radius 2 is 1.08 bits per heavy atom. The molecule has 4 aromatic rings. The van der Waals surface area contributed by atoms with Crippen LogP contribution in [-0.2, 0) is 19.5 Å². The van der Waals surface area contributed by atoms with Gasteiger partial charge in [0.05, 0.1) is 6.67 Å². The lowest BCUT2D eigenvalue weighted by atomic mass is 10.1. The third kappa shape index (κ3) is 2.84. The van der Waals surface area contributed by atoms with Gasteiger partial charge in [-0.25, -0.2) is 0 Å². The zero-order valence-electron chi connectivity index (χ0n) is 14.1. The molecule has 2 heterocycles. The van der Waals surface area contributed by atoms with E-state index in [1.165, 1.54) is 32.9 Å². The second kappa shape index (κ2) is 6.75. The van der Waals surface area contributed by atoms with Crippen LogP contribution in [0.1, 0.15) is 11.1 Å². The first-order valence-corrected chi connectivity index (χ1v) is 8.67. The van der Waals surface area contributed by atoms with Crippen LogP contribution < -0.4 is 0 Å². The highest BCUT2D eigenvalue weighted by atomic mass is 16.3. The number of benzene rings is 2. The topological polar surface area (TPSA) is 50.3 Å². The Morgan fingerprint density at radius 3 is 1.52 bits per heavy atom. The summed E-state index contributed by atoms with van der Waals surface area (Å²) in [5, 5.41) is 21.1. The lowest BCUT2D eigenvalue weighted by molar-refractivity contribution is 0.299. The van der Waals surface area contributed by atoms with Crippen LogP contribution in [0.4, 0.5) is 0 Å². The van der Waals surface area contributed by atoms with Crippen molar-refractivity contribution in [1.82, 2.24) is 9.13 Å². The van der Waals surface area contributed by atoms with Crippen LogP contribution in [0.5, 0.6) is 0 Å². The number of aliphatic hydroxyl groups excluding tert-OH is 2. The Balaban J connectivity index is 1.81. The molecule has 4 rings (SSSR count). The lowest BCUT2D eigenvalue weighted by Gasteiger charge is -2.08. The molecule has 0 amide bonds. The maximum atomic E-state index is 9.34. The molecule has 25 heavy (non-hydrogen) atoms. The van der Waals surface area contributed by atoms with Crippen molar-refractivity contribution >= 4 is 21.8 Å². The summed E-state index contributed by atoms with van der Waals surface area (Å²) >= 11 is 0. The molecule has 2 aromatic heterocycles. The lowest BCUT2D eigenvalue weighted by Crippen LogP contribution is -2.05. The summed E-state index contributed by atoms with van der Waals surface area (Å²) in [5.41, 5.74) is 4.69. The number of rotatable bonds is 6. The van der Waals surface area contributed by atoms with E-state index < -0.39 is 0 Å². The molecule has 0 aliphatic rings. The van der Waals surface area contributed by atoms with Gasteiger partial charge in [0, 0.05) is 47.4 Å². The summed E-state index contributed by atoms with van der Waals surface area (Å²) < 4.78 is 4.46. The molecule has 0 saturated carbocycles.